The minimum atomic E-state index is -0.0746. The van der Waals surface area contributed by atoms with Gasteiger partial charge in [-0.25, -0.2) is 0 Å². The van der Waals surface area contributed by atoms with Crippen molar-refractivity contribution in [1.29, 1.82) is 0 Å². The number of benzene rings is 3. The largest absolute Gasteiger partial charge is 0.322 e. The van der Waals surface area contributed by atoms with Crippen molar-refractivity contribution in [3.05, 3.63) is 74.9 Å². The summed E-state index contributed by atoms with van der Waals surface area (Å²) in [7, 11) is 0. The van der Waals surface area contributed by atoms with E-state index in [0.717, 1.165) is 22.0 Å². The van der Waals surface area contributed by atoms with Crippen LogP contribution in [0.25, 0.3) is 10.8 Å². The first kappa shape index (κ1) is 15.0. The molecule has 3 aromatic carbocycles. The average Bonchev–Trinajstić information content (AvgIpc) is 2.52. The van der Waals surface area contributed by atoms with Crippen LogP contribution in [0, 0.1) is 17.4 Å². The molecule has 3 aromatic rings. The van der Waals surface area contributed by atoms with E-state index in [-0.39, 0.29) is 5.91 Å². The second-order valence-corrected chi connectivity index (χ2v) is 6.59. The molecule has 1 N–H and O–H groups in total. The second kappa shape index (κ2) is 6.08. The van der Waals surface area contributed by atoms with Crippen LogP contribution in [0.5, 0.6) is 0 Å². The predicted molar refractivity (Wildman–Crippen MR) is 101 cm³/mol. The summed E-state index contributed by atoms with van der Waals surface area (Å²) in [6.45, 7) is 4.06. The van der Waals surface area contributed by atoms with Crippen molar-refractivity contribution < 1.29 is 4.79 Å². The standard InChI is InChI=1S/C19H16INO/c1-12-10-18(13(2)9-17(12)20)21-19(22)16-8-7-14-5-3-4-6-15(14)11-16/h3-11H,1-2H3,(H,21,22). The van der Waals surface area contributed by atoms with Crippen LogP contribution in [0.4, 0.5) is 5.69 Å². The third-order valence-corrected chi connectivity index (χ3v) is 4.93. The number of halogens is 1. The van der Waals surface area contributed by atoms with Gasteiger partial charge in [0.05, 0.1) is 0 Å². The third-order valence-electron chi connectivity index (χ3n) is 3.77. The van der Waals surface area contributed by atoms with Crippen LogP contribution in [0.2, 0.25) is 0 Å². The lowest BCUT2D eigenvalue weighted by Gasteiger charge is -2.11. The minimum Gasteiger partial charge on any atom is -0.322 e. The molecule has 22 heavy (non-hydrogen) atoms. The molecule has 3 heteroatoms. The molecule has 110 valence electrons. The van der Waals surface area contributed by atoms with E-state index in [4.69, 9.17) is 0 Å². The molecule has 0 radical (unpaired) electrons. The molecule has 0 bridgehead atoms. The second-order valence-electron chi connectivity index (χ2n) is 5.43. The lowest BCUT2D eigenvalue weighted by atomic mass is 10.1. The summed E-state index contributed by atoms with van der Waals surface area (Å²) >= 11 is 2.31. The van der Waals surface area contributed by atoms with Gasteiger partial charge in [0.15, 0.2) is 0 Å². The van der Waals surface area contributed by atoms with E-state index in [0.29, 0.717) is 5.56 Å². The summed E-state index contributed by atoms with van der Waals surface area (Å²) in [6.07, 6.45) is 0. The molecule has 0 fully saturated rings. The van der Waals surface area contributed by atoms with E-state index in [1.165, 1.54) is 9.13 Å². The highest BCUT2D eigenvalue weighted by Crippen LogP contribution is 2.23. The van der Waals surface area contributed by atoms with Crippen LogP contribution in [0.3, 0.4) is 0 Å². The first-order chi connectivity index (χ1) is 10.5. The Hall–Kier alpha value is -1.88. The molecule has 0 heterocycles. The topological polar surface area (TPSA) is 29.1 Å². The van der Waals surface area contributed by atoms with Crippen molar-refractivity contribution in [3.63, 3.8) is 0 Å². The van der Waals surface area contributed by atoms with Crippen molar-refractivity contribution >= 4 is 45.0 Å². The minimum absolute atomic E-state index is 0.0746. The summed E-state index contributed by atoms with van der Waals surface area (Å²) in [5.41, 5.74) is 3.79. The number of amides is 1. The van der Waals surface area contributed by atoms with Gasteiger partial charge >= 0.3 is 0 Å². The van der Waals surface area contributed by atoms with E-state index >= 15 is 0 Å². The molecule has 0 saturated carbocycles. The quantitative estimate of drug-likeness (QED) is 0.579. The van der Waals surface area contributed by atoms with Crippen molar-refractivity contribution in [2.75, 3.05) is 5.32 Å². The molecular weight excluding hydrogens is 385 g/mol. The molecule has 3 rings (SSSR count). The highest BCUT2D eigenvalue weighted by Gasteiger charge is 2.09. The van der Waals surface area contributed by atoms with Gasteiger partial charge in [-0.05, 0) is 82.6 Å². The van der Waals surface area contributed by atoms with E-state index in [9.17, 15) is 4.79 Å². The fourth-order valence-electron chi connectivity index (χ4n) is 2.44. The highest BCUT2D eigenvalue weighted by molar-refractivity contribution is 14.1. The zero-order valence-electron chi connectivity index (χ0n) is 12.5. The first-order valence-corrected chi connectivity index (χ1v) is 8.19. The number of anilines is 1. The maximum atomic E-state index is 12.5. The van der Waals surface area contributed by atoms with Crippen molar-refractivity contribution in [2.45, 2.75) is 13.8 Å². The van der Waals surface area contributed by atoms with Gasteiger partial charge in [-0.15, -0.1) is 0 Å². The molecule has 0 saturated heterocycles. The Morgan fingerprint density at radius 2 is 1.64 bits per heavy atom. The number of carbonyl (C=O) groups excluding carboxylic acids is 1. The van der Waals surface area contributed by atoms with Crippen molar-refractivity contribution in [1.82, 2.24) is 0 Å². The number of fused-ring (bicyclic) bond motifs is 1. The Balaban J connectivity index is 1.91. The molecule has 0 atom stereocenters. The van der Waals surface area contributed by atoms with Crippen LogP contribution in [-0.4, -0.2) is 5.91 Å². The predicted octanol–water partition coefficient (Wildman–Crippen LogP) is 5.31. The number of aryl methyl sites for hydroxylation is 2. The van der Waals surface area contributed by atoms with Gasteiger partial charge in [0.2, 0.25) is 0 Å². The van der Waals surface area contributed by atoms with Crippen LogP contribution in [0.1, 0.15) is 21.5 Å². The van der Waals surface area contributed by atoms with Gasteiger partial charge in [0.1, 0.15) is 0 Å². The lowest BCUT2D eigenvalue weighted by Crippen LogP contribution is -2.13. The summed E-state index contributed by atoms with van der Waals surface area (Å²) in [5, 5.41) is 5.23. The molecule has 0 aliphatic rings. The number of nitrogens with one attached hydrogen (secondary N) is 1. The highest BCUT2D eigenvalue weighted by atomic mass is 127. The normalized spacial score (nSPS) is 10.7. The van der Waals surface area contributed by atoms with Crippen LogP contribution in [0.15, 0.2) is 54.6 Å². The van der Waals surface area contributed by atoms with Crippen LogP contribution < -0.4 is 5.32 Å². The number of hydrogen-bond acceptors (Lipinski definition) is 1. The van der Waals surface area contributed by atoms with Gasteiger partial charge in [-0.3, -0.25) is 4.79 Å². The lowest BCUT2D eigenvalue weighted by molar-refractivity contribution is 0.102. The average molecular weight is 401 g/mol. The van der Waals surface area contributed by atoms with Crippen LogP contribution in [-0.2, 0) is 0 Å². The summed E-state index contributed by atoms with van der Waals surface area (Å²) in [5.74, 6) is -0.0746. The molecule has 2 nitrogen and oxygen atoms in total. The Morgan fingerprint density at radius 3 is 2.41 bits per heavy atom. The number of rotatable bonds is 2. The van der Waals surface area contributed by atoms with E-state index in [2.05, 4.69) is 34.0 Å². The maximum Gasteiger partial charge on any atom is 0.255 e. The van der Waals surface area contributed by atoms with Gasteiger partial charge in [0.25, 0.3) is 5.91 Å². The summed E-state index contributed by atoms with van der Waals surface area (Å²) in [4.78, 5) is 12.5. The molecule has 0 spiro atoms. The van der Waals surface area contributed by atoms with E-state index < -0.39 is 0 Å². The Morgan fingerprint density at radius 1 is 0.909 bits per heavy atom. The summed E-state index contributed by atoms with van der Waals surface area (Å²) < 4.78 is 1.21. The van der Waals surface area contributed by atoms with Crippen molar-refractivity contribution in [2.24, 2.45) is 0 Å². The van der Waals surface area contributed by atoms with Crippen molar-refractivity contribution in [3.8, 4) is 0 Å². The van der Waals surface area contributed by atoms with Gasteiger partial charge in [0, 0.05) is 14.8 Å². The number of carbonyl (C=O) groups is 1. The fourth-order valence-corrected chi connectivity index (χ4v) is 3.06. The maximum absolute atomic E-state index is 12.5. The smallest absolute Gasteiger partial charge is 0.255 e. The molecular formula is C19H16INO. The number of hydrogen-bond donors (Lipinski definition) is 1. The monoisotopic (exact) mass is 401 g/mol. The first-order valence-electron chi connectivity index (χ1n) is 7.11. The molecule has 0 unspecified atom stereocenters. The zero-order valence-corrected chi connectivity index (χ0v) is 14.6. The third kappa shape index (κ3) is 2.99. The van der Waals surface area contributed by atoms with Gasteiger partial charge < -0.3 is 5.32 Å². The molecule has 1 amide bonds. The van der Waals surface area contributed by atoms with Crippen LogP contribution >= 0.6 is 22.6 Å². The van der Waals surface area contributed by atoms with Gasteiger partial charge in [-0.2, -0.15) is 0 Å². The summed E-state index contributed by atoms with van der Waals surface area (Å²) in [6, 6.07) is 17.9. The van der Waals surface area contributed by atoms with Gasteiger partial charge in [-0.1, -0.05) is 30.3 Å². The zero-order chi connectivity index (χ0) is 15.7. The Kier molecular flexibility index (Phi) is 4.16. The fraction of sp³-hybridized carbons (Fsp3) is 0.105. The molecule has 0 aromatic heterocycles. The Labute approximate surface area is 143 Å². The Bertz CT molecular complexity index is 870. The molecule has 0 aliphatic heterocycles. The van der Waals surface area contributed by atoms with E-state index in [1.807, 2.05) is 62.4 Å². The van der Waals surface area contributed by atoms with E-state index in [1.54, 1.807) is 0 Å². The SMILES string of the molecule is Cc1cc(NC(=O)c2ccc3ccccc3c2)c(C)cc1I. The molecule has 0 aliphatic carbocycles.